The average Bonchev–Trinajstić information content (AvgIpc) is 2.77. The number of hydrogen-bond acceptors (Lipinski definition) is 4. The van der Waals surface area contributed by atoms with E-state index in [-0.39, 0.29) is 24.0 Å². The molecule has 2 N–H and O–H groups in total. The molecule has 1 rings (SSSR count). The molecule has 0 unspecified atom stereocenters. The van der Waals surface area contributed by atoms with Crippen molar-refractivity contribution in [3.8, 4) is 0 Å². The van der Waals surface area contributed by atoms with E-state index in [0.29, 0.717) is 13.1 Å². The van der Waals surface area contributed by atoms with Gasteiger partial charge in [0.25, 0.3) is 0 Å². The number of ether oxygens (including phenoxy) is 1. The summed E-state index contributed by atoms with van der Waals surface area (Å²) in [6.45, 7) is 8.27. The van der Waals surface area contributed by atoms with E-state index < -0.39 is 0 Å². The van der Waals surface area contributed by atoms with Crippen LogP contribution in [0.5, 0.6) is 0 Å². The molecule has 1 aromatic heterocycles. The number of methoxy groups -OCH3 is 1. The Morgan fingerprint density at radius 2 is 2.19 bits per heavy atom. The van der Waals surface area contributed by atoms with Crippen LogP contribution in [0.4, 0.5) is 0 Å². The first kappa shape index (κ1) is 19.8. The minimum absolute atomic E-state index is 0. The van der Waals surface area contributed by atoms with Crippen LogP contribution in [0.1, 0.15) is 18.1 Å². The average molecular weight is 408 g/mol. The van der Waals surface area contributed by atoms with Gasteiger partial charge in [-0.1, -0.05) is 6.08 Å². The van der Waals surface area contributed by atoms with Crippen molar-refractivity contribution in [2.45, 2.75) is 19.9 Å². The molecule has 1 heterocycles. The first-order valence-electron chi connectivity index (χ1n) is 6.66. The number of aryl methyl sites for hydroxylation is 1. The minimum Gasteiger partial charge on any atom is -0.385 e. The summed E-state index contributed by atoms with van der Waals surface area (Å²) >= 11 is 0. The van der Waals surface area contributed by atoms with Crippen LogP contribution >= 0.6 is 24.0 Å². The van der Waals surface area contributed by atoms with Gasteiger partial charge in [-0.25, -0.2) is 4.99 Å². The van der Waals surface area contributed by atoms with Gasteiger partial charge in [-0.05, 0) is 13.3 Å². The Hall–Kier alpha value is -1.16. The Balaban J connectivity index is 0.00000400. The maximum atomic E-state index is 5.01. The van der Waals surface area contributed by atoms with Gasteiger partial charge in [0.05, 0.1) is 0 Å². The van der Waals surface area contributed by atoms with E-state index in [2.05, 4.69) is 32.4 Å². The quantitative estimate of drug-likeness (QED) is 0.221. The SMILES string of the molecule is C=CCNC(=NCc1nnc(C)n1C)NCCCOC.I. The monoisotopic (exact) mass is 408 g/mol. The molecular weight excluding hydrogens is 383 g/mol. The smallest absolute Gasteiger partial charge is 0.191 e. The van der Waals surface area contributed by atoms with Gasteiger partial charge < -0.3 is 19.9 Å². The van der Waals surface area contributed by atoms with Crippen LogP contribution in [0.2, 0.25) is 0 Å². The van der Waals surface area contributed by atoms with Crippen molar-refractivity contribution in [2.75, 3.05) is 26.8 Å². The fraction of sp³-hybridized carbons (Fsp3) is 0.615. The zero-order valence-electron chi connectivity index (χ0n) is 12.9. The van der Waals surface area contributed by atoms with Crippen LogP contribution in [0, 0.1) is 6.92 Å². The number of nitrogens with zero attached hydrogens (tertiary/aromatic N) is 4. The van der Waals surface area contributed by atoms with Gasteiger partial charge in [0, 0.05) is 33.9 Å². The van der Waals surface area contributed by atoms with Gasteiger partial charge in [0.1, 0.15) is 12.4 Å². The summed E-state index contributed by atoms with van der Waals surface area (Å²) in [6.07, 6.45) is 2.72. The van der Waals surface area contributed by atoms with Gasteiger partial charge in [0.15, 0.2) is 11.8 Å². The van der Waals surface area contributed by atoms with E-state index in [9.17, 15) is 0 Å². The first-order chi connectivity index (χ1) is 9.69. The maximum absolute atomic E-state index is 5.01. The van der Waals surface area contributed by atoms with Gasteiger partial charge >= 0.3 is 0 Å². The van der Waals surface area contributed by atoms with Gasteiger partial charge in [0.2, 0.25) is 0 Å². The molecule has 0 amide bonds. The number of aliphatic imine (C=N–C) groups is 1. The molecule has 0 bridgehead atoms. The fourth-order valence-electron chi connectivity index (χ4n) is 1.50. The van der Waals surface area contributed by atoms with E-state index in [1.54, 1.807) is 13.2 Å². The third-order valence-electron chi connectivity index (χ3n) is 2.79. The zero-order chi connectivity index (χ0) is 14.8. The molecule has 7 nitrogen and oxygen atoms in total. The normalized spacial score (nSPS) is 10.9. The minimum atomic E-state index is 0. The summed E-state index contributed by atoms with van der Waals surface area (Å²) in [6, 6.07) is 0. The third-order valence-corrected chi connectivity index (χ3v) is 2.79. The predicted octanol–water partition coefficient (Wildman–Crippen LogP) is 0.999. The molecule has 1 aromatic rings. The highest BCUT2D eigenvalue weighted by Gasteiger charge is 2.04. The highest BCUT2D eigenvalue weighted by atomic mass is 127. The number of guanidine groups is 1. The van der Waals surface area contributed by atoms with Crippen LogP contribution in [0.15, 0.2) is 17.6 Å². The first-order valence-corrected chi connectivity index (χ1v) is 6.66. The molecule has 0 aliphatic heterocycles. The highest BCUT2D eigenvalue weighted by Crippen LogP contribution is 1.98. The lowest BCUT2D eigenvalue weighted by molar-refractivity contribution is 0.195. The van der Waals surface area contributed by atoms with Crippen LogP contribution in [-0.4, -0.2) is 47.5 Å². The second-order valence-corrected chi connectivity index (χ2v) is 4.33. The van der Waals surface area contributed by atoms with Crippen molar-refractivity contribution in [2.24, 2.45) is 12.0 Å². The molecule has 0 saturated heterocycles. The van der Waals surface area contributed by atoms with E-state index in [4.69, 9.17) is 4.74 Å². The largest absolute Gasteiger partial charge is 0.385 e. The topological polar surface area (TPSA) is 76.4 Å². The maximum Gasteiger partial charge on any atom is 0.191 e. The molecule has 0 aromatic carbocycles. The van der Waals surface area contributed by atoms with Crippen LogP contribution in [0.25, 0.3) is 0 Å². The Kier molecular flexibility index (Phi) is 10.9. The molecule has 0 aliphatic rings. The highest BCUT2D eigenvalue weighted by molar-refractivity contribution is 14.0. The van der Waals surface area contributed by atoms with Crippen LogP contribution in [0.3, 0.4) is 0 Å². The van der Waals surface area contributed by atoms with Crippen molar-refractivity contribution in [3.63, 3.8) is 0 Å². The lowest BCUT2D eigenvalue weighted by atomic mass is 10.4. The molecule has 21 heavy (non-hydrogen) atoms. The summed E-state index contributed by atoms with van der Waals surface area (Å²) in [4.78, 5) is 4.49. The van der Waals surface area contributed by atoms with Crippen LogP contribution < -0.4 is 10.6 Å². The summed E-state index contributed by atoms with van der Waals surface area (Å²) < 4.78 is 6.94. The summed E-state index contributed by atoms with van der Waals surface area (Å²) in [7, 11) is 3.63. The molecule has 0 spiro atoms. The Morgan fingerprint density at radius 3 is 2.76 bits per heavy atom. The van der Waals surface area contributed by atoms with Gasteiger partial charge in [-0.2, -0.15) is 0 Å². The van der Waals surface area contributed by atoms with Crippen molar-refractivity contribution in [1.29, 1.82) is 0 Å². The van der Waals surface area contributed by atoms with Gasteiger partial charge in [-0.15, -0.1) is 40.8 Å². The van der Waals surface area contributed by atoms with E-state index in [0.717, 1.165) is 37.2 Å². The zero-order valence-corrected chi connectivity index (χ0v) is 15.3. The molecule has 0 saturated carbocycles. The molecule has 0 aliphatic carbocycles. The second kappa shape index (κ2) is 11.5. The van der Waals surface area contributed by atoms with Crippen molar-refractivity contribution < 1.29 is 4.74 Å². The van der Waals surface area contributed by atoms with Crippen molar-refractivity contribution in [3.05, 3.63) is 24.3 Å². The summed E-state index contributed by atoms with van der Waals surface area (Å²) in [5, 5.41) is 14.5. The molecule has 8 heteroatoms. The lowest BCUT2D eigenvalue weighted by Gasteiger charge is -2.11. The van der Waals surface area contributed by atoms with Crippen LogP contribution in [-0.2, 0) is 18.3 Å². The Bertz CT molecular complexity index is 446. The van der Waals surface area contributed by atoms with Gasteiger partial charge in [-0.3, -0.25) is 0 Å². The molecule has 120 valence electrons. The molecule has 0 radical (unpaired) electrons. The third kappa shape index (κ3) is 7.42. The lowest BCUT2D eigenvalue weighted by Crippen LogP contribution is -2.38. The number of aromatic nitrogens is 3. The second-order valence-electron chi connectivity index (χ2n) is 4.33. The van der Waals surface area contributed by atoms with Crippen molar-refractivity contribution in [1.82, 2.24) is 25.4 Å². The van der Waals surface area contributed by atoms with E-state index in [1.807, 2.05) is 18.5 Å². The Labute approximate surface area is 143 Å². The number of hydrogen-bond donors (Lipinski definition) is 2. The fourth-order valence-corrected chi connectivity index (χ4v) is 1.50. The van der Waals surface area contributed by atoms with E-state index >= 15 is 0 Å². The predicted molar refractivity (Wildman–Crippen MR) is 95.0 cm³/mol. The number of halogens is 1. The number of nitrogens with one attached hydrogen (secondary N) is 2. The van der Waals surface area contributed by atoms with E-state index in [1.165, 1.54) is 0 Å². The summed E-state index contributed by atoms with van der Waals surface area (Å²) in [5.41, 5.74) is 0. The summed E-state index contributed by atoms with van der Waals surface area (Å²) in [5.74, 6) is 2.45. The Morgan fingerprint density at radius 1 is 1.43 bits per heavy atom. The number of rotatable bonds is 8. The molecular formula is C13H25IN6O. The molecule has 0 atom stereocenters. The molecule has 0 fully saturated rings. The van der Waals surface area contributed by atoms with Crippen molar-refractivity contribution >= 4 is 29.9 Å². The standard InChI is InChI=1S/C13H24N6O.HI/c1-5-7-14-13(15-8-6-9-20-4)16-10-12-18-17-11(2)19(12)3;/h5H,1,6-10H2,2-4H3,(H2,14,15,16);1H.